The third kappa shape index (κ3) is 3.95. The molecule has 1 amide bonds. The fraction of sp³-hybridized carbons (Fsp3) is 0.412. The summed E-state index contributed by atoms with van der Waals surface area (Å²) in [7, 11) is 3.23. The number of imidazole rings is 1. The van der Waals surface area contributed by atoms with E-state index >= 15 is 0 Å². The van der Waals surface area contributed by atoms with E-state index in [1.807, 2.05) is 27.8 Å². The van der Waals surface area contributed by atoms with Crippen LogP contribution in [0.1, 0.15) is 17.4 Å². The Morgan fingerprint density at radius 2 is 2.04 bits per heavy atom. The summed E-state index contributed by atoms with van der Waals surface area (Å²) in [6.07, 6.45) is 6.37. The predicted molar refractivity (Wildman–Crippen MR) is 101 cm³/mol. The van der Waals surface area contributed by atoms with Gasteiger partial charge in [-0.1, -0.05) is 15.9 Å². The highest BCUT2D eigenvalue weighted by molar-refractivity contribution is 9.10. The van der Waals surface area contributed by atoms with Crippen LogP contribution in [0.4, 0.5) is 0 Å². The van der Waals surface area contributed by atoms with Crippen molar-refractivity contribution in [3.8, 4) is 11.5 Å². The van der Waals surface area contributed by atoms with Gasteiger partial charge in [0.1, 0.15) is 5.37 Å². The molecule has 1 aromatic carbocycles. The number of benzene rings is 1. The Morgan fingerprint density at radius 1 is 1.28 bits per heavy atom. The molecule has 1 unspecified atom stereocenters. The predicted octanol–water partition coefficient (Wildman–Crippen LogP) is 3.33. The highest BCUT2D eigenvalue weighted by Crippen LogP contribution is 2.45. The van der Waals surface area contributed by atoms with Crippen LogP contribution in [-0.2, 0) is 11.3 Å². The number of halogens is 1. The van der Waals surface area contributed by atoms with Gasteiger partial charge in [-0.05, 0) is 18.6 Å². The van der Waals surface area contributed by atoms with Crippen molar-refractivity contribution in [3.05, 3.63) is 40.9 Å². The SMILES string of the molecule is COc1cc(Br)c(C2SCC(=O)N2CCCn2ccnc2)cc1OC. The lowest BCUT2D eigenvalue weighted by atomic mass is 10.1. The van der Waals surface area contributed by atoms with E-state index in [0.29, 0.717) is 23.8 Å². The minimum atomic E-state index is -0.0236. The van der Waals surface area contributed by atoms with Gasteiger partial charge in [0, 0.05) is 35.5 Å². The molecule has 0 saturated carbocycles. The maximum atomic E-state index is 12.4. The largest absolute Gasteiger partial charge is 0.493 e. The highest BCUT2D eigenvalue weighted by atomic mass is 79.9. The van der Waals surface area contributed by atoms with Crippen LogP contribution in [-0.4, -0.2) is 46.9 Å². The smallest absolute Gasteiger partial charge is 0.233 e. The number of amides is 1. The summed E-state index contributed by atoms with van der Waals surface area (Å²) in [4.78, 5) is 18.3. The minimum Gasteiger partial charge on any atom is -0.493 e. The number of nitrogens with zero attached hydrogens (tertiary/aromatic N) is 3. The lowest BCUT2D eigenvalue weighted by molar-refractivity contribution is -0.128. The fourth-order valence-electron chi connectivity index (χ4n) is 2.86. The molecule has 8 heteroatoms. The van der Waals surface area contributed by atoms with Gasteiger partial charge in [-0.15, -0.1) is 11.8 Å². The number of ether oxygens (including phenoxy) is 2. The zero-order chi connectivity index (χ0) is 17.8. The summed E-state index contributed by atoms with van der Waals surface area (Å²) in [5, 5.41) is -0.0236. The molecular formula is C17H20BrN3O3S. The van der Waals surface area contributed by atoms with Crippen molar-refractivity contribution in [1.82, 2.24) is 14.5 Å². The van der Waals surface area contributed by atoms with Gasteiger partial charge in [0.2, 0.25) is 5.91 Å². The van der Waals surface area contributed by atoms with Crippen molar-refractivity contribution >= 4 is 33.6 Å². The number of thioether (sulfide) groups is 1. The Bertz CT molecular complexity index is 739. The van der Waals surface area contributed by atoms with Crippen LogP contribution >= 0.6 is 27.7 Å². The van der Waals surface area contributed by atoms with Crippen molar-refractivity contribution in [1.29, 1.82) is 0 Å². The van der Waals surface area contributed by atoms with E-state index < -0.39 is 0 Å². The molecule has 25 heavy (non-hydrogen) atoms. The van der Waals surface area contributed by atoms with E-state index in [2.05, 4.69) is 20.9 Å². The van der Waals surface area contributed by atoms with Gasteiger partial charge in [0.25, 0.3) is 0 Å². The second kappa shape index (κ2) is 8.14. The normalized spacial score (nSPS) is 17.2. The Hall–Kier alpha value is -1.67. The summed E-state index contributed by atoms with van der Waals surface area (Å²) in [5.74, 6) is 2.00. The topological polar surface area (TPSA) is 56.6 Å². The molecule has 1 aromatic heterocycles. The minimum absolute atomic E-state index is 0.0236. The highest BCUT2D eigenvalue weighted by Gasteiger charge is 2.34. The molecule has 0 aliphatic carbocycles. The molecule has 2 aromatic rings. The summed E-state index contributed by atoms with van der Waals surface area (Å²) in [5.41, 5.74) is 1.02. The molecule has 1 fully saturated rings. The molecule has 2 heterocycles. The quantitative estimate of drug-likeness (QED) is 0.680. The van der Waals surface area contributed by atoms with Crippen molar-refractivity contribution in [2.45, 2.75) is 18.3 Å². The molecule has 0 bridgehead atoms. The average Bonchev–Trinajstić information content (AvgIpc) is 3.25. The molecule has 1 aliphatic heterocycles. The van der Waals surface area contributed by atoms with Gasteiger partial charge in [0.05, 0.1) is 26.3 Å². The number of carbonyl (C=O) groups excluding carboxylic acids is 1. The summed E-state index contributed by atoms with van der Waals surface area (Å²) >= 11 is 5.25. The van der Waals surface area contributed by atoms with Crippen LogP contribution in [0.15, 0.2) is 35.3 Å². The van der Waals surface area contributed by atoms with Gasteiger partial charge in [-0.2, -0.15) is 0 Å². The van der Waals surface area contributed by atoms with Crippen LogP contribution < -0.4 is 9.47 Å². The van der Waals surface area contributed by atoms with E-state index in [4.69, 9.17) is 9.47 Å². The first-order valence-corrected chi connectivity index (χ1v) is 9.76. The van der Waals surface area contributed by atoms with Crippen LogP contribution in [0, 0.1) is 0 Å². The van der Waals surface area contributed by atoms with Crippen LogP contribution in [0.2, 0.25) is 0 Å². The lowest BCUT2D eigenvalue weighted by Gasteiger charge is -2.26. The number of aryl methyl sites for hydroxylation is 1. The van der Waals surface area contributed by atoms with E-state index in [0.717, 1.165) is 23.0 Å². The van der Waals surface area contributed by atoms with E-state index in [9.17, 15) is 4.79 Å². The zero-order valence-electron chi connectivity index (χ0n) is 14.1. The fourth-order valence-corrected chi connectivity index (χ4v) is 4.79. The van der Waals surface area contributed by atoms with Gasteiger partial charge >= 0.3 is 0 Å². The molecule has 1 atom stereocenters. The third-order valence-electron chi connectivity index (χ3n) is 4.11. The van der Waals surface area contributed by atoms with Crippen molar-refractivity contribution < 1.29 is 14.3 Å². The number of carbonyl (C=O) groups is 1. The molecule has 0 radical (unpaired) electrons. The van der Waals surface area contributed by atoms with Crippen molar-refractivity contribution in [2.24, 2.45) is 0 Å². The Labute approximate surface area is 159 Å². The van der Waals surface area contributed by atoms with Crippen LogP contribution in [0.3, 0.4) is 0 Å². The molecule has 0 N–H and O–H groups in total. The van der Waals surface area contributed by atoms with E-state index in [-0.39, 0.29) is 11.3 Å². The van der Waals surface area contributed by atoms with Gasteiger partial charge in [-0.25, -0.2) is 4.98 Å². The molecule has 6 nitrogen and oxygen atoms in total. The molecule has 1 aliphatic rings. The third-order valence-corrected chi connectivity index (χ3v) is 6.04. The molecule has 0 spiro atoms. The standard InChI is InChI=1S/C17H20BrN3O3S/c1-23-14-8-12(13(18)9-15(14)24-2)17-21(16(22)10-25-17)6-3-5-20-7-4-19-11-20/h4,7-9,11,17H,3,5-6,10H2,1-2H3. The molecule has 134 valence electrons. The molecule has 3 rings (SSSR count). The lowest BCUT2D eigenvalue weighted by Crippen LogP contribution is -2.30. The molecule has 1 saturated heterocycles. The molecular weight excluding hydrogens is 406 g/mol. The van der Waals surface area contributed by atoms with Crippen molar-refractivity contribution in [2.75, 3.05) is 26.5 Å². The zero-order valence-corrected chi connectivity index (χ0v) is 16.5. The first kappa shape index (κ1) is 18.1. The number of aromatic nitrogens is 2. The first-order chi connectivity index (χ1) is 12.1. The monoisotopic (exact) mass is 425 g/mol. The van der Waals surface area contributed by atoms with Crippen LogP contribution in [0.5, 0.6) is 11.5 Å². The first-order valence-electron chi connectivity index (χ1n) is 7.92. The summed E-state index contributed by atoms with van der Waals surface area (Å²) in [6, 6.07) is 3.84. The van der Waals surface area contributed by atoms with Gasteiger partial charge in [0.15, 0.2) is 11.5 Å². The Morgan fingerprint density at radius 3 is 2.72 bits per heavy atom. The van der Waals surface area contributed by atoms with Gasteiger partial charge in [-0.3, -0.25) is 4.79 Å². The van der Waals surface area contributed by atoms with E-state index in [1.165, 1.54) is 0 Å². The second-order valence-corrected chi connectivity index (χ2v) is 7.56. The van der Waals surface area contributed by atoms with Gasteiger partial charge < -0.3 is 18.9 Å². The number of hydrogen-bond acceptors (Lipinski definition) is 5. The van der Waals surface area contributed by atoms with E-state index in [1.54, 1.807) is 38.5 Å². The maximum Gasteiger partial charge on any atom is 0.233 e. The maximum absolute atomic E-state index is 12.4. The number of hydrogen-bond donors (Lipinski definition) is 0. The summed E-state index contributed by atoms with van der Waals surface area (Å²) in [6.45, 7) is 1.55. The van der Waals surface area contributed by atoms with Crippen molar-refractivity contribution in [3.63, 3.8) is 0 Å². The second-order valence-electron chi connectivity index (χ2n) is 5.63. The Kier molecular flexibility index (Phi) is 5.90. The average molecular weight is 426 g/mol. The number of rotatable bonds is 7. The summed E-state index contributed by atoms with van der Waals surface area (Å²) < 4.78 is 13.7. The van der Waals surface area contributed by atoms with Crippen LogP contribution in [0.25, 0.3) is 0 Å². The number of methoxy groups -OCH3 is 2. The Balaban J connectivity index is 1.76.